The molecule has 0 aliphatic heterocycles. The van der Waals surface area contributed by atoms with E-state index in [0.29, 0.717) is 11.1 Å². The summed E-state index contributed by atoms with van der Waals surface area (Å²) in [5.41, 5.74) is 0.419. The molecule has 5 heteroatoms. The van der Waals surface area contributed by atoms with Crippen LogP contribution < -0.4 is 0 Å². The fourth-order valence-corrected chi connectivity index (χ4v) is 2.39. The van der Waals surface area contributed by atoms with Gasteiger partial charge in [-0.2, -0.15) is 0 Å². The first-order chi connectivity index (χ1) is 12.9. The standard InChI is InChI=1S/C22H26O5/c1-5-26-20(24)22(15-13-17(3)4,21(25)27-6-2)14-9-12-18-10-7-8-11-19(18)16-23/h7-8,10-11,13,16H,5-6,14-15H2,1-4H3. The number of carbonyl (C=O) groups excluding carboxylic acids is 3. The van der Waals surface area contributed by atoms with Crippen molar-refractivity contribution >= 4 is 18.2 Å². The fourth-order valence-electron chi connectivity index (χ4n) is 2.39. The zero-order valence-electron chi connectivity index (χ0n) is 16.3. The van der Waals surface area contributed by atoms with Crippen molar-refractivity contribution in [1.29, 1.82) is 0 Å². The van der Waals surface area contributed by atoms with Gasteiger partial charge < -0.3 is 9.47 Å². The van der Waals surface area contributed by atoms with Crippen molar-refractivity contribution < 1.29 is 23.9 Å². The molecule has 1 aromatic rings. The van der Waals surface area contributed by atoms with E-state index in [1.54, 1.807) is 44.2 Å². The summed E-state index contributed by atoms with van der Waals surface area (Å²) in [5.74, 6) is 4.46. The summed E-state index contributed by atoms with van der Waals surface area (Å²) in [6, 6.07) is 6.88. The average molecular weight is 370 g/mol. The predicted molar refractivity (Wildman–Crippen MR) is 103 cm³/mol. The molecule has 0 heterocycles. The number of benzene rings is 1. The fraction of sp³-hybridized carbons (Fsp3) is 0.409. The van der Waals surface area contributed by atoms with Crippen LogP contribution in [-0.4, -0.2) is 31.4 Å². The second-order valence-electron chi connectivity index (χ2n) is 6.19. The lowest BCUT2D eigenvalue weighted by Crippen LogP contribution is -2.41. The molecule has 1 rings (SSSR count). The molecular weight excluding hydrogens is 344 g/mol. The summed E-state index contributed by atoms with van der Waals surface area (Å²) < 4.78 is 10.3. The van der Waals surface area contributed by atoms with E-state index >= 15 is 0 Å². The van der Waals surface area contributed by atoms with E-state index in [0.717, 1.165) is 11.9 Å². The Kier molecular flexibility index (Phi) is 9.01. The molecule has 0 aliphatic carbocycles. The normalized spacial score (nSPS) is 10.2. The van der Waals surface area contributed by atoms with Gasteiger partial charge in [-0.1, -0.05) is 41.7 Å². The molecule has 27 heavy (non-hydrogen) atoms. The Labute approximate surface area is 160 Å². The van der Waals surface area contributed by atoms with Crippen molar-refractivity contribution in [3.8, 4) is 11.8 Å². The lowest BCUT2D eigenvalue weighted by molar-refractivity contribution is -0.171. The maximum Gasteiger partial charge on any atom is 0.324 e. The smallest absolute Gasteiger partial charge is 0.324 e. The quantitative estimate of drug-likeness (QED) is 0.229. The molecule has 0 amide bonds. The second kappa shape index (κ2) is 11.0. The van der Waals surface area contributed by atoms with Crippen LogP contribution in [0.3, 0.4) is 0 Å². The van der Waals surface area contributed by atoms with Crippen LogP contribution >= 0.6 is 0 Å². The molecule has 0 atom stereocenters. The van der Waals surface area contributed by atoms with Crippen LogP contribution in [0.4, 0.5) is 0 Å². The summed E-state index contributed by atoms with van der Waals surface area (Å²) in [6.07, 6.45) is 2.59. The topological polar surface area (TPSA) is 69.7 Å². The summed E-state index contributed by atoms with van der Waals surface area (Å²) in [4.78, 5) is 36.5. The third-order valence-electron chi connectivity index (χ3n) is 3.89. The largest absolute Gasteiger partial charge is 0.465 e. The SMILES string of the molecule is CCOC(=O)C(CC#Cc1ccccc1C=O)(CC=C(C)C)C(=O)OCC. The van der Waals surface area contributed by atoms with E-state index in [2.05, 4.69) is 11.8 Å². The summed E-state index contributed by atoms with van der Waals surface area (Å²) in [7, 11) is 0. The highest BCUT2D eigenvalue weighted by Gasteiger charge is 2.47. The van der Waals surface area contributed by atoms with E-state index in [1.807, 2.05) is 13.8 Å². The molecule has 0 aliphatic rings. The van der Waals surface area contributed by atoms with Gasteiger partial charge in [0.1, 0.15) is 0 Å². The van der Waals surface area contributed by atoms with Gasteiger partial charge >= 0.3 is 11.9 Å². The van der Waals surface area contributed by atoms with Crippen molar-refractivity contribution in [3.63, 3.8) is 0 Å². The average Bonchev–Trinajstić information content (AvgIpc) is 2.65. The van der Waals surface area contributed by atoms with Gasteiger partial charge in [-0.25, -0.2) is 0 Å². The van der Waals surface area contributed by atoms with Crippen LogP contribution in [0.15, 0.2) is 35.9 Å². The Hall–Kier alpha value is -2.87. The number of aldehydes is 1. The predicted octanol–water partition coefficient (Wildman–Crippen LogP) is 3.71. The van der Waals surface area contributed by atoms with Crippen LogP contribution in [0.5, 0.6) is 0 Å². The van der Waals surface area contributed by atoms with Gasteiger partial charge in [0.2, 0.25) is 0 Å². The highest BCUT2D eigenvalue weighted by molar-refractivity contribution is 6.00. The molecule has 0 bridgehead atoms. The van der Waals surface area contributed by atoms with Crippen LogP contribution in [0.2, 0.25) is 0 Å². The number of hydrogen-bond donors (Lipinski definition) is 0. The van der Waals surface area contributed by atoms with Crippen molar-refractivity contribution in [1.82, 2.24) is 0 Å². The molecule has 0 spiro atoms. The minimum Gasteiger partial charge on any atom is -0.465 e. The zero-order valence-corrected chi connectivity index (χ0v) is 16.3. The van der Waals surface area contributed by atoms with Gasteiger partial charge in [-0.3, -0.25) is 14.4 Å². The minimum absolute atomic E-state index is 0.0678. The van der Waals surface area contributed by atoms with Crippen molar-refractivity contribution in [2.75, 3.05) is 13.2 Å². The highest BCUT2D eigenvalue weighted by atomic mass is 16.6. The van der Waals surface area contributed by atoms with E-state index in [-0.39, 0.29) is 26.1 Å². The van der Waals surface area contributed by atoms with E-state index < -0.39 is 17.4 Å². The zero-order chi connectivity index (χ0) is 20.3. The summed E-state index contributed by atoms with van der Waals surface area (Å²) in [6.45, 7) is 7.42. The Balaban J connectivity index is 3.32. The Morgan fingerprint density at radius 2 is 1.67 bits per heavy atom. The first kappa shape index (κ1) is 22.2. The molecule has 0 saturated carbocycles. The number of carbonyl (C=O) groups is 3. The number of esters is 2. The summed E-state index contributed by atoms with van der Waals surface area (Å²) >= 11 is 0. The molecule has 1 aromatic carbocycles. The van der Waals surface area contributed by atoms with Gasteiger partial charge in [0.15, 0.2) is 11.7 Å². The van der Waals surface area contributed by atoms with E-state index in [9.17, 15) is 14.4 Å². The molecular formula is C22H26O5. The third kappa shape index (κ3) is 6.10. The molecule has 0 saturated heterocycles. The lowest BCUT2D eigenvalue weighted by atomic mass is 9.80. The lowest BCUT2D eigenvalue weighted by Gasteiger charge is -2.26. The second-order valence-corrected chi connectivity index (χ2v) is 6.19. The maximum atomic E-state index is 12.7. The molecule has 0 fully saturated rings. The van der Waals surface area contributed by atoms with Gasteiger partial charge in [0.25, 0.3) is 0 Å². The number of rotatable bonds is 8. The molecule has 0 aromatic heterocycles. The number of ether oxygens (including phenoxy) is 2. The molecule has 0 unspecified atom stereocenters. The molecule has 144 valence electrons. The van der Waals surface area contributed by atoms with Crippen LogP contribution in [0.25, 0.3) is 0 Å². The van der Waals surface area contributed by atoms with Crippen molar-refractivity contribution in [2.24, 2.45) is 5.41 Å². The van der Waals surface area contributed by atoms with Crippen LogP contribution in [0, 0.1) is 17.3 Å². The van der Waals surface area contributed by atoms with Gasteiger partial charge in [-0.15, -0.1) is 0 Å². The first-order valence-electron chi connectivity index (χ1n) is 8.92. The molecule has 0 radical (unpaired) electrons. The minimum atomic E-state index is -1.54. The Morgan fingerprint density at radius 1 is 1.07 bits per heavy atom. The van der Waals surface area contributed by atoms with Crippen molar-refractivity contribution in [3.05, 3.63) is 47.0 Å². The van der Waals surface area contributed by atoms with Gasteiger partial charge in [0, 0.05) is 17.5 Å². The maximum absolute atomic E-state index is 12.7. The molecule has 5 nitrogen and oxygen atoms in total. The highest BCUT2D eigenvalue weighted by Crippen LogP contribution is 2.32. The number of allylic oxidation sites excluding steroid dienone is 2. The third-order valence-corrected chi connectivity index (χ3v) is 3.89. The Morgan fingerprint density at radius 3 is 2.19 bits per heavy atom. The first-order valence-corrected chi connectivity index (χ1v) is 8.92. The van der Waals surface area contributed by atoms with Crippen LogP contribution in [0.1, 0.15) is 56.5 Å². The monoisotopic (exact) mass is 370 g/mol. The van der Waals surface area contributed by atoms with Crippen LogP contribution in [-0.2, 0) is 19.1 Å². The van der Waals surface area contributed by atoms with Crippen molar-refractivity contribution in [2.45, 2.75) is 40.5 Å². The molecule has 0 N–H and O–H groups in total. The Bertz CT molecular complexity index is 742. The number of hydrogen-bond acceptors (Lipinski definition) is 5. The van der Waals surface area contributed by atoms with Gasteiger partial charge in [0.05, 0.1) is 13.2 Å². The van der Waals surface area contributed by atoms with Gasteiger partial charge in [-0.05, 0) is 40.2 Å². The van der Waals surface area contributed by atoms with E-state index in [4.69, 9.17) is 9.47 Å². The summed E-state index contributed by atoms with van der Waals surface area (Å²) in [5, 5.41) is 0. The van der Waals surface area contributed by atoms with E-state index in [1.165, 1.54) is 0 Å².